The summed E-state index contributed by atoms with van der Waals surface area (Å²) in [5, 5.41) is 22.2. The number of hydrogen-bond donors (Lipinski definition) is 3. The van der Waals surface area contributed by atoms with Gasteiger partial charge in [0.2, 0.25) is 0 Å². The molecular formula is C23H20N4O. The quantitative estimate of drug-likeness (QED) is 0.452. The van der Waals surface area contributed by atoms with Gasteiger partial charge in [0.15, 0.2) is 0 Å². The number of aromatic amines is 1. The third-order valence-electron chi connectivity index (χ3n) is 5.47. The summed E-state index contributed by atoms with van der Waals surface area (Å²) >= 11 is 0. The van der Waals surface area contributed by atoms with Gasteiger partial charge in [-0.2, -0.15) is 0 Å². The zero-order valence-corrected chi connectivity index (χ0v) is 15.7. The van der Waals surface area contributed by atoms with Crippen molar-refractivity contribution >= 4 is 38.9 Å². The van der Waals surface area contributed by atoms with Crippen LogP contribution >= 0.6 is 0 Å². The number of fused-ring (bicyclic) bond motifs is 2. The molecule has 0 saturated carbocycles. The van der Waals surface area contributed by atoms with Crippen molar-refractivity contribution in [1.82, 2.24) is 9.97 Å². The predicted molar refractivity (Wildman–Crippen MR) is 114 cm³/mol. The standard InChI is InChI=1S/C23H20N4O/c1-23(2)20(28)19(22-25-16-11-5-6-12-17(16)26-22)21(24)27(23)18-13-7-9-14-8-3-4-10-15(14)18/h3-13,24,28H,1-2H3,(H,25,26). The molecule has 0 aliphatic carbocycles. The van der Waals surface area contributed by atoms with Crippen LogP contribution < -0.4 is 4.90 Å². The first kappa shape index (κ1) is 16.6. The van der Waals surface area contributed by atoms with Crippen LogP contribution in [0.5, 0.6) is 0 Å². The summed E-state index contributed by atoms with van der Waals surface area (Å²) in [5.41, 5.74) is 2.26. The number of aliphatic hydroxyl groups excluding tert-OH is 1. The van der Waals surface area contributed by atoms with Crippen molar-refractivity contribution in [2.75, 3.05) is 4.90 Å². The molecule has 0 fully saturated rings. The summed E-state index contributed by atoms with van der Waals surface area (Å²) in [6.07, 6.45) is 0. The van der Waals surface area contributed by atoms with E-state index >= 15 is 0 Å². The molecule has 2 heterocycles. The first-order valence-electron chi connectivity index (χ1n) is 9.24. The number of aromatic nitrogens is 2. The molecule has 4 aromatic rings. The number of aliphatic hydroxyl groups is 1. The Morgan fingerprint density at radius 2 is 1.68 bits per heavy atom. The number of hydrogen-bond acceptors (Lipinski definition) is 3. The number of H-pyrrole nitrogens is 1. The molecule has 0 saturated heterocycles. The lowest BCUT2D eigenvalue weighted by Crippen LogP contribution is -2.43. The van der Waals surface area contributed by atoms with Crippen LogP contribution in [0.2, 0.25) is 0 Å². The normalized spacial score (nSPS) is 16.5. The van der Waals surface area contributed by atoms with Crippen LogP contribution in [0.25, 0.3) is 27.4 Å². The molecule has 0 amide bonds. The van der Waals surface area contributed by atoms with Crippen molar-refractivity contribution in [2.24, 2.45) is 0 Å². The molecule has 5 nitrogen and oxygen atoms in total. The SMILES string of the molecule is CC1(C)C(O)=C(c2nc3ccccc3[nH]2)C(=N)N1c1cccc2ccccc12. The summed E-state index contributed by atoms with van der Waals surface area (Å²) in [6.45, 7) is 3.85. The molecule has 0 radical (unpaired) electrons. The highest BCUT2D eigenvalue weighted by molar-refractivity contribution is 6.32. The van der Waals surface area contributed by atoms with Crippen LogP contribution in [0.4, 0.5) is 5.69 Å². The number of imidazole rings is 1. The topological polar surface area (TPSA) is 76.0 Å². The maximum atomic E-state index is 11.1. The summed E-state index contributed by atoms with van der Waals surface area (Å²) in [4.78, 5) is 9.74. The average Bonchev–Trinajstić information content (AvgIpc) is 3.18. The van der Waals surface area contributed by atoms with E-state index in [1.54, 1.807) is 0 Å². The van der Waals surface area contributed by atoms with E-state index in [0.29, 0.717) is 11.4 Å². The van der Waals surface area contributed by atoms with Crippen LogP contribution in [0.3, 0.4) is 0 Å². The largest absolute Gasteiger partial charge is 0.509 e. The highest BCUT2D eigenvalue weighted by atomic mass is 16.3. The van der Waals surface area contributed by atoms with Gasteiger partial charge < -0.3 is 15.0 Å². The van der Waals surface area contributed by atoms with Crippen molar-refractivity contribution in [1.29, 1.82) is 5.41 Å². The number of nitrogens with zero attached hydrogens (tertiary/aromatic N) is 2. The van der Waals surface area contributed by atoms with Crippen LogP contribution in [0.1, 0.15) is 19.7 Å². The lowest BCUT2D eigenvalue weighted by molar-refractivity contribution is 0.334. The van der Waals surface area contributed by atoms with E-state index in [1.165, 1.54) is 0 Å². The Morgan fingerprint density at radius 1 is 0.964 bits per heavy atom. The van der Waals surface area contributed by atoms with Gasteiger partial charge in [0.1, 0.15) is 17.4 Å². The van der Waals surface area contributed by atoms with Crippen molar-refractivity contribution in [3.8, 4) is 0 Å². The fraction of sp³-hybridized carbons (Fsp3) is 0.130. The van der Waals surface area contributed by atoms with E-state index in [0.717, 1.165) is 27.5 Å². The lowest BCUT2D eigenvalue weighted by atomic mass is 10.00. The Hall–Kier alpha value is -3.60. The van der Waals surface area contributed by atoms with Gasteiger partial charge in [0.25, 0.3) is 0 Å². The maximum Gasteiger partial charge on any atom is 0.145 e. The Labute approximate surface area is 162 Å². The molecule has 1 aliphatic rings. The van der Waals surface area contributed by atoms with E-state index in [1.807, 2.05) is 73.3 Å². The van der Waals surface area contributed by atoms with E-state index in [-0.39, 0.29) is 11.6 Å². The highest BCUT2D eigenvalue weighted by Crippen LogP contribution is 2.43. The van der Waals surface area contributed by atoms with E-state index in [9.17, 15) is 5.11 Å². The number of para-hydroxylation sites is 2. The molecule has 1 aliphatic heterocycles. The summed E-state index contributed by atoms with van der Waals surface area (Å²) in [6, 6.07) is 21.8. The number of amidine groups is 1. The summed E-state index contributed by atoms with van der Waals surface area (Å²) < 4.78 is 0. The van der Waals surface area contributed by atoms with Gasteiger partial charge in [-0.25, -0.2) is 4.98 Å². The molecule has 0 unspecified atom stereocenters. The zero-order valence-electron chi connectivity index (χ0n) is 15.7. The Kier molecular flexibility index (Phi) is 3.37. The third-order valence-corrected chi connectivity index (χ3v) is 5.47. The second-order valence-corrected chi connectivity index (χ2v) is 7.57. The molecule has 3 N–H and O–H groups in total. The van der Waals surface area contributed by atoms with Crippen LogP contribution in [-0.4, -0.2) is 26.4 Å². The van der Waals surface area contributed by atoms with Crippen LogP contribution in [0, 0.1) is 5.41 Å². The van der Waals surface area contributed by atoms with Crippen molar-refractivity contribution in [2.45, 2.75) is 19.4 Å². The van der Waals surface area contributed by atoms with Gasteiger partial charge in [-0.3, -0.25) is 5.41 Å². The Bertz CT molecular complexity index is 1240. The minimum atomic E-state index is -0.768. The Morgan fingerprint density at radius 3 is 2.50 bits per heavy atom. The van der Waals surface area contributed by atoms with Gasteiger partial charge in [-0.05, 0) is 37.4 Å². The second-order valence-electron chi connectivity index (χ2n) is 7.57. The first-order valence-corrected chi connectivity index (χ1v) is 9.24. The Balaban J connectivity index is 1.70. The molecule has 0 bridgehead atoms. The molecule has 1 aromatic heterocycles. The van der Waals surface area contributed by atoms with Crippen LogP contribution in [-0.2, 0) is 0 Å². The first-order chi connectivity index (χ1) is 13.5. The fourth-order valence-corrected chi connectivity index (χ4v) is 4.04. The number of nitrogens with one attached hydrogen (secondary N) is 2. The summed E-state index contributed by atoms with van der Waals surface area (Å²) in [5.74, 6) is 0.891. The van der Waals surface area contributed by atoms with Crippen LogP contribution in [0.15, 0.2) is 72.5 Å². The molecular weight excluding hydrogens is 348 g/mol. The van der Waals surface area contributed by atoms with E-state index in [2.05, 4.69) is 22.1 Å². The van der Waals surface area contributed by atoms with Gasteiger partial charge in [0, 0.05) is 5.39 Å². The molecule has 28 heavy (non-hydrogen) atoms. The monoisotopic (exact) mass is 368 g/mol. The van der Waals surface area contributed by atoms with Gasteiger partial charge in [-0.15, -0.1) is 0 Å². The molecule has 138 valence electrons. The van der Waals surface area contributed by atoms with E-state index < -0.39 is 5.54 Å². The minimum absolute atomic E-state index is 0.143. The van der Waals surface area contributed by atoms with Crippen molar-refractivity contribution in [3.05, 3.63) is 78.3 Å². The predicted octanol–water partition coefficient (Wildman–Crippen LogP) is 5.26. The van der Waals surface area contributed by atoms with Gasteiger partial charge in [0.05, 0.1) is 27.8 Å². The smallest absolute Gasteiger partial charge is 0.145 e. The molecule has 0 atom stereocenters. The molecule has 5 heteroatoms. The third kappa shape index (κ3) is 2.19. The minimum Gasteiger partial charge on any atom is -0.509 e. The van der Waals surface area contributed by atoms with Gasteiger partial charge >= 0.3 is 0 Å². The fourth-order valence-electron chi connectivity index (χ4n) is 4.04. The van der Waals surface area contributed by atoms with E-state index in [4.69, 9.17) is 5.41 Å². The number of benzene rings is 3. The highest BCUT2D eigenvalue weighted by Gasteiger charge is 2.46. The molecule has 3 aromatic carbocycles. The lowest BCUT2D eigenvalue weighted by Gasteiger charge is -2.34. The second kappa shape index (κ2) is 5.70. The number of rotatable bonds is 2. The zero-order chi connectivity index (χ0) is 19.5. The van der Waals surface area contributed by atoms with Crippen molar-refractivity contribution < 1.29 is 5.11 Å². The molecule has 0 spiro atoms. The maximum absolute atomic E-state index is 11.1. The average molecular weight is 368 g/mol. The summed E-state index contributed by atoms with van der Waals surface area (Å²) in [7, 11) is 0. The van der Waals surface area contributed by atoms with Gasteiger partial charge in [-0.1, -0.05) is 48.5 Å². The number of anilines is 1. The molecule has 5 rings (SSSR count). The van der Waals surface area contributed by atoms with Crippen molar-refractivity contribution in [3.63, 3.8) is 0 Å².